The number of benzene rings is 2. The number of hydrazone groups is 1. The first kappa shape index (κ1) is 12.8. The molecule has 3 rings (SSSR count). The van der Waals surface area contributed by atoms with Crippen LogP contribution in [0, 0.1) is 0 Å². The first-order valence-electron chi connectivity index (χ1n) is 6.55. The van der Waals surface area contributed by atoms with Gasteiger partial charge in [-0.15, -0.1) is 0 Å². The number of thiocarbonyl (C=S) groups is 1. The highest BCUT2D eigenvalue weighted by atomic mass is 32.1. The lowest BCUT2D eigenvalue weighted by Gasteiger charge is -2.07. The number of para-hydroxylation sites is 1. The summed E-state index contributed by atoms with van der Waals surface area (Å²) in [7, 11) is 0. The van der Waals surface area contributed by atoms with Gasteiger partial charge in [-0.05, 0) is 35.5 Å². The molecule has 0 radical (unpaired) electrons. The van der Waals surface area contributed by atoms with Gasteiger partial charge in [0.2, 0.25) is 0 Å². The number of anilines is 1. The van der Waals surface area contributed by atoms with E-state index in [1.807, 2.05) is 30.3 Å². The monoisotopic (exact) mass is 281 g/mol. The van der Waals surface area contributed by atoms with Gasteiger partial charge in [-0.1, -0.05) is 42.5 Å². The molecule has 0 aliphatic heterocycles. The van der Waals surface area contributed by atoms with Crippen LogP contribution in [0.2, 0.25) is 0 Å². The summed E-state index contributed by atoms with van der Waals surface area (Å²) in [6, 6.07) is 18.3. The van der Waals surface area contributed by atoms with Crippen LogP contribution < -0.4 is 10.7 Å². The van der Waals surface area contributed by atoms with Crippen LogP contribution in [0.15, 0.2) is 59.7 Å². The molecule has 0 aromatic heterocycles. The summed E-state index contributed by atoms with van der Waals surface area (Å²) < 4.78 is 0. The molecule has 1 aliphatic rings. The first-order chi connectivity index (χ1) is 9.81. The predicted octanol–water partition coefficient (Wildman–Crippen LogP) is 3.13. The largest absolute Gasteiger partial charge is 0.331 e. The standard InChI is InChI=1S/C16H15N3S/c20-16(17-14-8-2-1-3-9-14)19-18-15-10-12-6-4-5-7-13(12)11-15/h1-9H,10-11H2,(H2,17,19,20). The van der Waals surface area contributed by atoms with Crippen molar-refractivity contribution >= 4 is 28.7 Å². The Bertz CT molecular complexity index is 623. The minimum absolute atomic E-state index is 0.514. The van der Waals surface area contributed by atoms with Crippen LogP contribution in [0.4, 0.5) is 5.69 Å². The van der Waals surface area contributed by atoms with Crippen molar-refractivity contribution in [1.29, 1.82) is 0 Å². The first-order valence-corrected chi connectivity index (χ1v) is 6.96. The highest BCUT2D eigenvalue weighted by Gasteiger charge is 2.15. The van der Waals surface area contributed by atoms with E-state index in [0.29, 0.717) is 5.11 Å². The summed E-state index contributed by atoms with van der Waals surface area (Å²) in [4.78, 5) is 0. The van der Waals surface area contributed by atoms with Crippen molar-refractivity contribution in [3.05, 3.63) is 65.7 Å². The molecule has 0 atom stereocenters. The second-order valence-corrected chi connectivity index (χ2v) is 5.14. The lowest BCUT2D eigenvalue weighted by atomic mass is 10.1. The van der Waals surface area contributed by atoms with Crippen molar-refractivity contribution in [3.63, 3.8) is 0 Å². The van der Waals surface area contributed by atoms with E-state index in [0.717, 1.165) is 24.2 Å². The molecular formula is C16H15N3S. The van der Waals surface area contributed by atoms with Gasteiger partial charge in [-0.2, -0.15) is 5.10 Å². The van der Waals surface area contributed by atoms with Crippen LogP contribution in [-0.2, 0) is 12.8 Å². The van der Waals surface area contributed by atoms with Crippen LogP contribution in [0.25, 0.3) is 0 Å². The van der Waals surface area contributed by atoms with Gasteiger partial charge >= 0.3 is 0 Å². The van der Waals surface area contributed by atoms with Gasteiger partial charge in [0, 0.05) is 24.2 Å². The molecule has 0 bridgehead atoms. The summed E-state index contributed by atoms with van der Waals surface area (Å²) in [6.07, 6.45) is 1.80. The average molecular weight is 281 g/mol. The van der Waals surface area contributed by atoms with Crippen LogP contribution in [0.5, 0.6) is 0 Å². The van der Waals surface area contributed by atoms with Crippen LogP contribution in [0.3, 0.4) is 0 Å². The van der Waals surface area contributed by atoms with Crippen molar-refractivity contribution in [2.45, 2.75) is 12.8 Å². The number of hydrogen-bond acceptors (Lipinski definition) is 2. The third-order valence-electron chi connectivity index (χ3n) is 3.25. The highest BCUT2D eigenvalue weighted by molar-refractivity contribution is 7.80. The minimum Gasteiger partial charge on any atom is -0.331 e. The molecule has 0 unspecified atom stereocenters. The Hall–Kier alpha value is -2.20. The Kier molecular flexibility index (Phi) is 3.74. The topological polar surface area (TPSA) is 36.4 Å². The van der Waals surface area contributed by atoms with Gasteiger partial charge in [0.1, 0.15) is 0 Å². The van der Waals surface area contributed by atoms with Crippen LogP contribution >= 0.6 is 12.2 Å². The van der Waals surface area contributed by atoms with Gasteiger partial charge in [0.25, 0.3) is 0 Å². The summed E-state index contributed by atoms with van der Waals surface area (Å²) in [5, 5.41) is 8.01. The van der Waals surface area contributed by atoms with Crippen molar-refractivity contribution < 1.29 is 0 Å². The maximum absolute atomic E-state index is 5.23. The smallest absolute Gasteiger partial charge is 0.191 e. The van der Waals surface area contributed by atoms with Gasteiger partial charge in [0.15, 0.2) is 5.11 Å². The number of nitrogens with one attached hydrogen (secondary N) is 2. The fourth-order valence-electron chi connectivity index (χ4n) is 2.29. The maximum Gasteiger partial charge on any atom is 0.191 e. The molecule has 0 saturated heterocycles. The lowest BCUT2D eigenvalue weighted by Crippen LogP contribution is -2.25. The molecule has 0 spiro atoms. The molecule has 0 fully saturated rings. The van der Waals surface area contributed by atoms with Crippen molar-refractivity contribution in [1.82, 2.24) is 5.43 Å². The third kappa shape index (κ3) is 3.03. The van der Waals surface area contributed by atoms with Crippen molar-refractivity contribution in [2.75, 3.05) is 5.32 Å². The number of nitrogens with zero attached hydrogens (tertiary/aromatic N) is 1. The molecule has 3 nitrogen and oxygen atoms in total. The Morgan fingerprint density at radius 2 is 1.50 bits per heavy atom. The normalized spacial score (nSPS) is 12.7. The quantitative estimate of drug-likeness (QED) is 0.656. The number of rotatable bonds is 2. The molecular weight excluding hydrogens is 266 g/mol. The molecule has 2 N–H and O–H groups in total. The average Bonchev–Trinajstić information content (AvgIpc) is 2.89. The lowest BCUT2D eigenvalue weighted by molar-refractivity contribution is 1.02. The number of hydrogen-bond donors (Lipinski definition) is 2. The zero-order valence-electron chi connectivity index (χ0n) is 11.0. The summed E-state index contributed by atoms with van der Waals surface area (Å²) in [5.41, 5.74) is 7.70. The number of fused-ring (bicyclic) bond motifs is 1. The second kappa shape index (κ2) is 5.84. The fraction of sp³-hybridized carbons (Fsp3) is 0.125. The Balaban J connectivity index is 1.58. The molecule has 0 amide bonds. The Labute approximate surface area is 123 Å². The van der Waals surface area contributed by atoms with Gasteiger partial charge < -0.3 is 5.32 Å². The highest BCUT2D eigenvalue weighted by Crippen LogP contribution is 2.19. The molecule has 20 heavy (non-hydrogen) atoms. The van der Waals surface area contributed by atoms with Crippen molar-refractivity contribution in [3.8, 4) is 0 Å². The van der Waals surface area contributed by atoms with Gasteiger partial charge in [-0.25, -0.2) is 0 Å². The molecule has 2 aromatic carbocycles. The second-order valence-electron chi connectivity index (χ2n) is 4.73. The zero-order valence-corrected chi connectivity index (χ0v) is 11.8. The third-order valence-corrected chi connectivity index (χ3v) is 3.45. The van der Waals surface area contributed by atoms with E-state index < -0.39 is 0 Å². The minimum atomic E-state index is 0.514. The van der Waals surface area contributed by atoms with Crippen LogP contribution in [0.1, 0.15) is 11.1 Å². The van der Waals surface area contributed by atoms with Gasteiger partial charge in [0.05, 0.1) is 0 Å². The fourth-order valence-corrected chi connectivity index (χ4v) is 2.46. The molecule has 4 heteroatoms. The van der Waals surface area contributed by atoms with Crippen LogP contribution in [-0.4, -0.2) is 10.8 Å². The Morgan fingerprint density at radius 3 is 2.15 bits per heavy atom. The molecule has 100 valence electrons. The van der Waals surface area contributed by atoms with E-state index in [-0.39, 0.29) is 0 Å². The Morgan fingerprint density at radius 1 is 0.900 bits per heavy atom. The van der Waals surface area contributed by atoms with E-state index in [9.17, 15) is 0 Å². The van der Waals surface area contributed by atoms with E-state index >= 15 is 0 Å². The van der Waals surface area contributed by atoms with E-state index in [2.05, 4.69) is 40.1 Å². The zero-order chi connectivity index (χ0) is 13.8. The predicted molar refractivity (Wildman–Crippen MR) is 87.1 cm³/mol. The molecule has 2 aromatic rings. The van der Waals surface area contributed by atoms with E-state index in [1.165, 1.54) is 11.1 Å². The summed E-state index contributed by atoms with van der Waals surface area (Å²) >= 11 is 5.23. The molecule has 1 aliphatic carbocycles. The molecule has 0 saturated carbocycles. The van der Waals surface area contributed by atoms with E-state index in [1.54, 1.807) is 0 Å². The van der Waals surface area contributed by atoms with Gasteiger partial charge in [-0.3, -0.25) is 5.43 Å². The van der Waals surface area contributed by atoms with E-state index in [4.69, 9.17) is 12.2 Å². The molecule has 0 heterocycles. The summed E-state index contributed by atoms with van der Waals surface area (Å²) in [6.45, 7) is 0. The SMILES string of the molecule is S=C(NN=C1Cc2ccccc2C1)Nc1ccccc1. The van der Waals surface area contributed by atoms with Crippen molar-refractivity contribution in [2.24, 2.45) is 5.10 Å². The maximum atomic E-state index is 5.23. The summed E-state index contributed by atoms with van der Waals surface area (Å²) in [5.74, 6) is 0.